The Morgan fingerprint density at radius 3 is 2.64 bits per heavy atom. The summed E-state index contributed by atoms with van der Waals surface area (Å²) >= 11 is 0. The first-order valence-corrected chi connectivity index (χ1v) is 9.20. The van der Waals surface area contributed by atoms with E-state index in [9.17, 15) is 13.6 Å². The first-order chi connectivity index (χ1) is 13.5. The van der Waals surface area contributed by atoms with Crippen molar-refractivity contribution in [3.05, 3.63) is 59.7 Å². The number of carbonyl (C=O) groups excluding carboxylic acids is 1. The van der Waals surface area contributed by atoms with Crippen molar-refractivity contribution in [1.29, 1.82) is 0 Å². The molecule has 2 N–H and O–H groups in total. The lowest BCUT2D eigenvalue weighted by Gasteiger charge is -2.35. The first-order valence-electron chi connectivity index (χ1n) is 9.20. The predicted molar refractivity (Wildman–Crippen MR) is 102 cm³/mol. The van der Waals surface area contributed by atoms with Crippen molar-refractivity contribution in [1.82, 2.24) is 5.32 Å². The third kappa shape index (κ3) is 4.85. The van der Waals surface area contributed by atoms with Gasteiger partial charge >= 0.3 is 0 Å². The Morgan fingerprint density at radius 1 is 1.18 bits per heavy atom. The van der Waals surface area contributed by atoms with Crippen LogP contribution < -0.4 is 15.4 Å². The van der Waals surface area contributed by atoms with Crippen LogP contribution in [0.3, 0.4) is 0 Å². The van der Waals surface area contributed by atoms with Crippen LogP contribution in [-0.4, -0.2) is 32.7 Å². The van der Waals surface area contributed by atoms with Crippen molar-refractivity contribution in [2.45, 2.75) is 19.4 Å². The second kappa shape index (κ2) is 9.12. The molecule has 0 atom stereocenters. The van der Waals surface area contributed by atoms with E-state index in [4.69, 9.17) is 9.47 Å². The minimum absolute atomic E-state index is 0.0377. The van der Waals surface area contributed by atoms with Crippen LogP contribution in [0.25, 0.3) is 0 Å². The molecule has 7 heteroatoms. The Kier molecular flexibility index (Phi) is 6.59. The standard InChI is InChI=1S/C21H24F2N2O3/c1-27-14-21(7-9-24-10-8-21)20(26)25-17-5-6-19(18(23)12-17)28-13-15-3-2-4-16(22)11-15/h2-6,11-12,24H,7-10,13-14H2,1H3,(H,25,26). The highest BCUT2D eigenvalue weighted by Crippen LogP contribution is 2.31. The number of carbonyl (C=O) groups is 1. The number of ether oxygens (including phenoxy) is 2. The highest BCUT2D eigenvalue weighted by Gasteiger charge is 2.39. The number of anilines is 1. The molecule has 1 aliphatic rings. The molecule has 0 radical (unpaired) electrons. The topological polar surface area (TPSA) is 59.6 Å². The maximum Gasteiger partial charge on any atom is 0.233 e. The Morgan fingerprint density at radius 2 is 1.96 bits per heavy atom. The van der Waals surface area contributed by atoms with Crippen LogP contribution in [0.2, 0.25) is 0 Å². The molecule has 0 spiro atoms. The van der Waals surface area contributed by atoms with Crippen molar-refractivity contribution < 1.29 is 23.0 Å². The molecule has 3 rings (SSSR count). The fourth-order valence-corrected chi connectivity index (χ4v) is 3.37. The predicted octanol–water partition coefficient (Wildman–Crippen LogP) is 3.50. The summed E-state index contributed by atoms with van der Waals surface area (Å²) in [6, 6.07) is 10.2. The zero-order valence-corrected chi connectivity index (χ0v) is 15.8. The van der Waals surface area contributed by atoms with E-state index in [1.165, 1.54) is 24.3 Å². The molecule has 0 saturated carbocycles. The van der Waals surface area contributed by atoms with E-state index in [0.29, 0.717) is 30.7 Å². The highest BCUT2D eigenvalue weighted by atomic mass is 19.1. The number of benzene rings is 2. The van der Waals surface area contributed by atoms with Crippen LogP contribution >= 0.6 is 0 Å². The number of hydrogen-bond acceptors (Lipinski definition) is 4. The summed E-state index contributed by atoms with van der Waals surface area (Å²) in [6.07, 6.45) is 1.31. The van der Waals surface area contributed by atoms with E-state index in [-0.39, 0.29) is 24.1 Å². The van der Waals surface area contributed by atoms with Gasteiger partial charge in [0, 0.05) is 18.9 Å². The number of amides is 1. The molecule has 2 aromatic rings. The summed E-state index contributed by atoms with van der Waals surface area (Å²) < 4.78 is 38.3. The normalized spacial score (nSPS) is 15.8. The summed E-state index contributed by atoms with van der Waals surface area (Å²) in [5.41, 5.74) is 0.335. The lowest BCUT2D eigenvalue weighted by molar-refractivity contribution is -0.130. The summed E-state index contributed by atoms with van der Waals surface area (Å²) in [5, 5.41) is 6.02. The molecule has 0 aromatic heterocycles. The number of methoxy groups -OCH3 is 1. The molecule has 0 bridgehead atoms. The fraction of sp³-hybridized carbons (Fsp3) is 0.381. The quantitative estimate of drug-likeness (QED) is 0.760. The summed E-state index contributed by atoms with van der Waals surface area (Å²) in [6.45, 7) is 1.83. The molecule has 150 valence electrons. The molecule has 1 aliphatic heterocycles. The van der Waals surface area contributed by atoms with Crippen LogP contribution in [0.15, 0.2) is 42.5 Å². The zero-order chi connectivity index (χ0) is 20.0. The third-order valence-electron chi connectivity index (χ3n) is 4.94. The van der Waals surface area contributed by atoms with Gasteiger partial charge in [-0.3, -0.25) is 4.79 Å². The van der Waals surface area contributed by atoms with E-state index >= 15 is 0 Å². The van der Waals surface area contributed by atoms with Crippen LogP contribution in [0, 0.1) is 17.0 Å². The van der Waals surface area contributed by atoms with Crippen molar-refractivity contribution in [2.75, 3.05) is 32.1 Å². The largest absolute Gasteiger partial charge is 0.486 e. The third-order valence-corrected chi connectivity index (χ3v) is 4.94. The lowest BCUT2D eigenvalue weighted by atomic mass is 9.78. The molecule has 1 heterocycles. The minimum Gasteiger partial charge on any atom is -0.486 e. The van der Waals surface area contributed by atoms with Crippen molar-refractivity contribution in [2.24, 2.45) is 5.41 Å². The van der Waals surface area contributed by atoms with E-state index in [1.54, 1.807) is 25.3 Å². The molecule has 0 aliphatic carbocycles. The van der Waals surface area contributed by atoms with Gasteiger partial charge < -0.3 is 20.1 Å². The zero-order valence-electron chi connectivity index (χ0n) is 15.8. The second-order valence-corrected chi connectivity index (χ2v) is 6.98. The van der Waals surface area contributed by atoms with Gasteiger partial charge in [0.25, 0.3) is 0 Å². The Bertz CT molecular complexity index is 818. The smallest absolute Gasteiger partial charge is 0.233 e. The van der Waals surface area contributed by atoms with E-state index in [0.717, 1.165) is 13.1 Å². The van der Waals surface area contributed by atoms with Gasteiger partial charge in [-0.25, -0.2) is 8.78 Å². The first kappa shape index (κ1) is 20.2. The van der Waals surface area contributed by atoms with E-state index in [2.05, 4.69) is 10.6 Å². The molecule has 28 heavy (non-hydrogen) atoms. The average Bonchev–Trinajstić information content (AvgIpc) is 2.68. The van der Waals surface area contributed by atoms with Gasteiger partial charge in [-0.2, -0.15) is 0 Å². The van der Waals surface area contributed by atoms with E-state index in [1.807, 2.05) is 0 Å². The molecule has 1 fully saturated rings. The lowest BCUT2D eigenvalue weighted by Crippen LogP contribution is -2.47. The van der Waals surface area contributed by atoms with Gasteiger partial charge in [-0.15, -0.1) is 0 Å². The molecular weight excluding hydrogens is 366 g/mol. The second-order valence-electron chi connectivity index (χ2n) is 6.98. The number of hydrogen-bond donors (Lipinski definition) is 2. The SMILES string of the molecule is COCC1(C(=O)Nc2ccc(OCc3cccc(F)c3)c(F)c2)CCNCC1. The average molecular weight is 390 g/mol. The summed E-state index contributed by atoms with van der Waals surface area (Å²) in [4.78, 5) is 12.8. The van der Waals surface area contributed by atoms with Crippen LogP contribution in [0.1, 0.15) is 18.4 Å². The van der Waals surface area contributed by atoms with Gasteiger partial charge in [0.2, 0.25) is 5.91 Å². The van der Waals surface area contributed by atoms with Gasteiger partial charge in [-0.05, 0) is 55.8 Å². The maximum absolute atomic E-state index is 14.4. The van der Waals surface area contributed by atoms with Crippen LogP contribution in [0.4, 0.5) is 14.5 Å². The van der Waals surface area contributed by atoms with Crippen molar-refractivity contribution >= 4 is 11.6 Å². The molecule has 1 saturated heterocycles. The number of nitrogens with one attached hydrogen (secondary N) is 2. The van der Waals surface area contributed by atoms with Crippen LogP contribution in [-0.2, 0) is 16.1 Å². The van der Waals surface area contributed by atoms with Crippen molar-refractivity contribution in [3.8, 4) is 5.75 Å². The summed E-state index contributed by atoms with van der Waals surface area (Å²) in [7, 11) is 1.57. The maximum atomic E-state index is 14.4. The number of piperidine rings is 1. The molecular formula is C21H24F2N2O3. The van der Waals surface area contributed by atoms with Gasteiger partial charge in [0.05, 0.1) is 12.0 Å². The molecule has 2 aromatic carbocycles. The van der Waals surface area contributed by atoms with Gasteiger partial charge in [0.1, 0.15) is 12.4 Å². The minimum atomic E-state index is -0.622. The molecule has 0 unspecified atom stereocenters. The summed E-state index contributed by atoms with van der Waals surface area (Å²) in [5.74, 6) is -1.11. The Labute approximate surface area is 163 Å². The Hall–Kier alpha value is -2.51. The number of halogens is 2. The monoisotopic (exact) mass is 390 g/mol. The number of rotatable bonds is 7. The Balaban J connectivity index is 1.65. The highest BCUT2D eigenvalue weighted by molar-refractivity contribution is 5.95. The fourth-order valence-electron chi connectivity index (χ4n) is 3.37. The van der Waals surface area contributed by atoms with E-state index < -0.39 is 11.2 Å². The molecule has 1 amide bonds. The molecule has 5 nitrogen and oxygen atoms in total. The van der Waals surface area contributed by atoms with Crippen molar-refractivity contribution in [3.63, 3.8) is 0 Å². The van der Waals surface area contributed by atoms with Crippen LogP contribution in [0.5, 0.6) is 5.75 Å². The van der Waals surface area contributed by atoms with Gasteiger partial charge in [-0.1, -0.05) is 12.1 Å². The van der Waals surface area contributed by atoms with Gasteiger partial charge in [0.15, 0.2) is 11.6 Å².